The Labute approximate surface area is 173 Å². The highest BCUT2D eigenvalue weighted by molar-refractivity contribution is 6.20. The third kappa shape index (κ3) is 2.59. The Balaban J connectivity index is 1.76. The van der Waals surface area contributed by atoms with Crippen LogP contribution in [-0.4, -0.2) is 62.8 Å². The molecule has 0 aliphatic carbocycles. The molecule has 4 amide bonds. The van der Waals surface area contributed by atoms with Crippen molar-refractivity contribution >= 4 is 23.5 Å². The zero-order valence-electron chi connectivity index (χ0n) is 16.4. The summed E-state index contributed by atoms with van der Waals surface area (Å²) in [6, 6.07) is -0.586. The summed E-state index contributed by atoms with van der Waals surface area (Å²) in [5.41, 5.74) is -1.90. The number of carbonyl (C=O) groups excluding carboxylic acids is 3. The van der Waals surface area contributed by atoms with Gasteiger partial charge in [-0.3, -0.25) is 20.2 Å². The van der Waals surface area contributed by atoms with Crippen molar-refractivity contribution in [1.29, 1.82) is 0 Å². The van der Waals surface area contributed by atoms with Crippen molar-refractivity contribution in [2.75, 3.05) is 11.4 Å². The van der Waals surface area contributed by atoms with Crippen LogP contribution in [0.3, 0.4) is 0 Å². The van der Waals surface area contributed by atoms with Crippen LogP contribution in [0.25, 0.3) is 5.69 Å². The first kappa shape index (κ1) is 19.5. The van der Waals surface area contributed by atoms with Gasteiger partial charge in [-0.25, -0.2) is 13.6 Å². The number of barbiturate groups is 1. The predicted octanol–water partition coefficient (Wildman–Crippen LogP) is -0.169. The van der Waals surface area contributed by atoms with Crippen molar-refractivity contribution in [1.82, 2.24) is 30.8 Å². The predicted molar refractivity (Wildman–Crippen MR) is 98.0 cm³/mol. The maximum atomic E-state index is 15.4. The van der Waals surface area contributed by atoms with Gasteiger partial charge in [0.25, 0.3) is 0 Å². The lowest BCUT2D eigenvalue weighted by molar-refractivity contribution is -0.153. The molecule has 3 aliphatic rings. The van der Waals surface area contributed by atoms with E-state index in [-0.39, 0.29) is 36.0 Å². The van der Waals surface area contributed by atoms with E-state index in [4.69, 9.17) is 4.74 Å². The molecule has 1 aromatic carbocycles. The molecule has 4 heterocycles. The van der Waals surface area contributed by atoms with Gasteiger partial charge in [-0.05, 0) is 35.9 Å². The number of hydrogen-bond acceptors (Lipinski definition) is 8. The number of nitrogens with one attached hydrogen (secondary N) is 2. The van der Waals surface area contributed by atoms with Crippen molar-refractivity contribution in [2.24, 2.45) is 5.41 Å². The Kier molecular flexibility index (Phi) is 4.09. The summed E-state index contributed by atoms with van der Waals surface area (Å²) in [5, 5.41) is 14.7. The fourth-order valence-electron chi connectivity index (χ4n) is 4.96. The number of morpholine rings is 1. The molecule has 1 aromatic heterocycles. The van der Waals surface area contributed by atoms with E-state index < -0.39 is 47.0 Å². The highest BCUT2D eigenvalue weighted by Gasteiger charge is 2.63. The molecule has 0 bridgehead atoms. The minimum atomic E-state index is -1.79. The maximum absolute atomic E-state index is 15.4. The Morgan fingerprint density at radius 1 is 1.16 bits per heavy atom. The van der Waals surface area contributed by atoms with Gasteiger partial charge < -0.3 is 9.64 Å². The van der Waals surface area contributed by atoms with E-state index in [9.17, 15) is 18.8 Å². The van der Waals surface area contributed by atoms with Crippen LogP contribution in [0.1, 0.15) is 19.4 Å². The monoisotopic (exact) mass is 433 g/mol. The minimum absolute atomic E-state index is 0.0514. The number of fused-ring (bicyclic) bond motifs is 4. The third-order valence-electron chi connectivity index (χ3n) is 6.04. The number of nitrogens with zero attached hydrogens (tertiary/aromatic N) is 5. The number of rotatable bonds is 1. The lowest BCUT2D eigenvalue weighted by Gasteiger charge is -2.55. The molecule has 3 aliphatic heterocycles. The smallest absolute Gasteiger partial charge is 0.328 e. The maximum Gasteiger partial charge on any atom is 0.328 e. The van der Waals surface area contributed by atoms with Crippen molar-refractivity contribution in [2.45, 2.75) is 38.5 Å². The SMILES string of the molecule is C[C@@H]1CN2c3c(cc(-n4cnnn4)c(F)c3F)CC3(C(=O)NC(=O)NC3=O)[C@H]2[C@H](C)O1. The first-order chi connectivity index (χ1) is 14.7. The number of aromatic nitrogens is 4. The number of ether oxygens (including phenoxy) is 1. The number of urea groups is 1. The van der Waals surface area contributed by atoms with Gasteiger partial charge in [0, 0.05) is 13.0 Å². The van der Waals surface area contributed by atoms with E-state index >= 15 is 4.39 Å². The van der Waals surface area contributed by atoms with Gasteiger partial charge in [-0.15, -0.1) is 5.10 Å². The normalized spacial score (nSPS) is 26.9. The molecule has 5 rings (SSSR count). The second kappa shape index (κ2) is 6.51. The first-order valence-electron chi connectivity index (χ1n) is 9.57. The first-order valence-corrected chi connectivity index (χ1v) is 9.57. The van der Waals surface area contributed by atoms with Gasteiger partial charge in [0.1, 0.15) is 12.0 Å². The third-order valence-corrected chi connectivity index (χ3v) is 6.04. The van der Waals surface area contributed by atoms with Crippen LogP contribution in [0.2, 0.25) is 0 Å². The second-order valence-electron chi connectivity index (χ2n) is 7.92. The highest BCUT2D eigenvalue weighted by Crippen LogP contribution is 2.48. The Morgan fingerprint density at radius 2 is 1.87 bits per heavy atom. The van der Waals surface area contributed by atoms with Gasteiger partial charge in [0.05, 0.1) is 23.9 Å². The number of carbonyl (C=O) groups is 3. The molecule has 0 saturated carbocycles. The van der Waals surface area contributed by atoms with Crippen LogP contribution < -0.4 is 15.5 Å². The number of amides is 4. The summed E-state index contributed by atoms with van der Waals surface area (Å²) < 4.78 is 37.2. The number of halogens is 2. The molecule has 2 fully saturated rings. The number of anilines is 1. The summed E-state index contributed by atoms with van der Waals surface area (Å²) in [5.74, 6) is -3.95. The molecule has 1 spiro atoms. The second-order valence-corrected chi connectivity index (χ2v) is 7.92. The number of benzene rings is 1. The van der Waals surface area contributed by atoms with Crippen LogP contribution >= 0.6 is 0 Å². The van der Waals surface area contributed by atoms with E-state index in [0.29, 0.717) is 0 Å². The standard InChI is InChI=1S/C18H17F2N7O4/c1-7-5-26-13-9(3-10(11(19)12(13)20)27-6-21-24-25-27)4-18(14(26)8(2)31-7)15(28)22-17(30)23-16(18)29/h3,6-8,14H,4-5H2,1-2H3,(H2,22,23,28,29,30)/t7-,8+,14-/m1/s1. The van der Waals surface area contributed by atoms with Crippen LogP contribution in [0.15, 0.2) is 12.4 Å². The lowest BCUT2D eigenvalue weighted by atomic mass is 9.66. The van der Waals surface area contributed by atoms with Crippen molar-refractivity contribution in [3.63, 3.8) is 0 Å². The Hall–Kier alpha value is -3.48. The zero-order valence-corrected chi connectivity index (χ0v) is 16.4. The van der Waals surface area contributed by atoms with Crippen LogP contribution in [-0.2, 0) is 20.7 Å². The van der Waals surface area contributed by atoms with Gasteiger partial charge >= 0.3 is 6.03 Å². The number of tetrazole rings is 1. The highest BCUT2D eigenvalue weighted by atomic mass is 19.2. The number of imide groups is 2. The zero-order chi connectivity index (χ0) is 22.1. The molecule has 31 heavy (non-hydrogen) atoms. The van der Waals surface area contributed by atoms with Crippen LogP contribution in [0, 0.1) is 17.0 Å². The van der Waals surface area contributed by atoms with E-state index in [0.717, 1.165) is 11.0 Å². The molecule has 162 valence electrons. The Morgan fingerprint density at radius 3 is 2.52 bits per heavy atom. The van der Waals surface area contributed by atoms with Crippen molar-refractivity contribution < 1.29 is 27.9 Å². The fraction of sp³-hybridized carbons (Fsp3) is 0.444. The number of hydrogen-bond donors (Lipinski definition) is 2. The average molecular weight is 433 g/mol. The summed E-state index contributed by atoms with van der Waals surface area (Å²) in [7, 11) is 0. The van der Waals surface area contributed by atoms with Crippen LogP contribution in [0.5, 0.6) is 0 Å². The lowest BCUT2D eigenvalue weighted by Crippen LogP contribution is -2.75. The van der Waals surface area contributed by atoms with Gasteiger partial charge in [-0.2, -0.15) is 4.68 Å². The molecule has 11 nitrogen and oxygen atoms in total. The van der Waals surface area contributed by atoms with Gasteiger partial charge in [0.15, 0.2) is 17.0 Å². The minimum Gasteiger partial charge on any atom is -0.372 e. The largest absolute Gasteiger partial charge is 0.372 e. The van der Waals surface area contributed by atoms with E-state index in [2.05, 4.69) is 26.2 Å². The summed E-state index contributed by atoms with van der Waals surface area (Å²) in [6.45, 7) is 3.52. The molecule has 13 heteroatoms. The van der Waals surface area contributed by atoms with Crippen molar-refractivity contribution in [3.05, 3.63) is 29.6 Å². The van der Waals surface area contributed by atoms with Gasteiger partial charge in [0.2, 0.25) is 11.8 Å². The summed E-state index contributed by atoms with van der Waals surface area (Å²) >= 11 is 0. The van der Waals surface area contributed by atoms with E-state index in [1.165, 1.54) is 11.0 Å². The summed E-state index contributed by atoms with van der Waals surface area (Å²) in [4.78, 5) is 39.3. The molecule has 3 atom stereocenters. The molecule has 2 aromatic rings. The average Bonchev–Trinajstić information content (AvgIpc) is 3.22. The van der Waals surface area contributed by atoms with E-state index in [1.54, 1.807) is 13.8 Å². The molecule has 2 N–H and O–H groups in total. The Bertz CT molecular complexity index is 1100. The van der Waals surface area contributed by atoms with Gasteiger partial charge in [-0.1, -0.05) is 0 Å². The molecule has 0 unspecified atom stereocenters. The topological polar surface area (TPSA) is 131 Å². The van der Waals surface area contributed by atoms with E-state index in [1.807, 2.05) is 0 Å². The van der Waals surface area contributed by atoms with Crippen LogP contribution in [0.4, 0.5) is 19.3 Å². The fourth-order valence-corrected chi connectivity index (χ4v) is 4.96. The molecule has 0 radical (unpaired) electrons. The molecular weight excluding hydrogens is 416 g/mol. The summed E-state index contributed by atoms with van der Waals surface area (Å²) in [6.07, 6.45) is -0.248. The quantitative estimate of drug-likeness (QED) is 0.593. The molecular formula is C18H17F2N7O4. The van der Waals surface area contributed by atoms with Crippen molar-refractivity contribution in [3.8, 4) is 5.69 Å². The molecule has 2 saturated heterocycles.